The van der Waals surface area contributed by atoms with Gasteiger partial charge in [0.1, 0.15) is 0 Å². The van der Waals surface area contributed by atoms with Gasteiger partial charge in [-0.3, -0.25) is 0 Å². The van der Waals surface area contributed by atoms with Gasteiger partial charge in [-0.15, -0.1) is 0 Å². The molecule has 0 bridgehead atoms. The van der Waals surface area contributed by atoms with Crippen molar-refractivity contribution in [1.82, 2.24) is 0 Å². The second-order valence-electron chi connectivity index (χ2n) is 1.86. The Morgan fingerprint density at radius 1 is 1.57 bits per heavy atom. The first-order valence-corrected chi connectivity index (χ1v) is 3.90. The van der Waals surface area contributed by atoms with Gasteiger partial charge in [-0.05, 0) is 14.7 Å². The van der Waals surface area contributed by atoms with E-state index in [1.165, 1.54) is 0 Å². The third-order valence-electron chi connectivity index (χ3n) is 0.632. The van der Waals surface area contributed by atoms with E-state index in [0.717, 1.165) is 5.54 Å². The van der Waals surface area contributed by atoms with Crippen molar-refractivity contribution in [1.29, 1.82) is 0 Å². The zero-order valence-electron chi connectivity index (χ0n) is 5.02. The topological polar surface area (TPSA) is 0 Å². The molecule has 0 N–H and O–H groups in total. The number of allylic oxidation sites excluding steroid dienone is 1. The van der Waals surface area contributed by atoms with E-state index in [9.17, 15) is 0 Å². The van der Waals surface area contributed by atoms with Crippen LogP contribution in [0.2, 0.25) is 5.54 Å². The predicted molar refractivity (Wildman–Crippen MR) is 38.5 cm³/mol. The Morgan fingerprint density at radius 3 is 2.29 bits per heavy atom. The van der Waals surface area contributed by atoms with E-state index in [1.54, 1.807) is 0 Å². The lowest BCUT2D eigenvalue weighted by Gasteiger charge is -1.86. The fourth-order valence-electron chi connectivity index (χ4n) is 0.301. The van der Waals surface area contributed by atoms with Crippen molar-refractivity contribution >= 4 is 14.8 Å². The first-order chi connectivity index (χ1) is 3.27. The third kappa shape index (κ3) is 5.83. The van der Waals surface area contributed by atoms with Crippen LogP contribution in [0.3, 0.4) is 0 Å². The maximum atomic E-state index is 3.60. The van der Waals surface area contributed by atoms with Crippen LogP contribution in [-0.4, -0.2) is 14.8 Å². The van der Waals surface area contributed by atoms with Gasteiger partial charge in [0.25, 0.3) is 0 Å². The third-order valence-corrected chi connectivity index (χ3v) is 1.90. The summed E-state index contributed by atoms with van der Waals surface area (Å²) in [6.45, 7) is 8.06. The van der Waals surface area contributed by atoms with Crippen LogP contribution in [0.25, 0.3) is 0 Å². The van der Waals surface area contributed by atoms with E-state index in [4.69, 9.17) is 0 Å². The molecule has 0 rings (SSSR count). The minimum Gasteiger partial charge on any atom is -0.0995 e. The van der Waals surface area contributed by atoms with Crippen LogP contribution in [-0.2, 0) is 0 Å². The molecule has 0 fully saturated rings. The van der Waals surface area contributed by atoms with Crippen LogP contribution in [0, 0.1) is 0 Å². The monoisotopic (exact) mass is 112 g/mol. The molecule has 7 heavy (non-hydrogen) atoms. The first-order valence-electron chi connectivity index (χ1n) is 2.56. The minimum absolute atomic E-state index is 0.524. The summed E-state index contributed by atoms with van der Waals surface area (Å²) in [6, 6.07) is 0. The smallest absolute Gasteiger partial charge is 0.00414 e. The Balaban J connectivity index is 3.25. The van der Waals surface area contributed by atoms with E-state index in [0.29, 0.717) is 9.13 Å². The summed E-state index contributed by atoms with van der Waals surface area (Å²) in [5.74, 6) is 0. The first kappa shape index (κ1) is 6.83. The summed E-state index contributed by atoms with van der Waals surface area (Å²) in [4.78, 5) is 0. The normalized spacial score (nSPS) is 10.7. The molecule has 0 nitrogen and oxygen atoms in total. The zero-order valence-corrected chi connectivity index (χ0v) is 6.17. The van der Waals surface area contributed by atoms with Crippen LogP contribution in [0.1, 0.15) is 13.8 Å². The Morgan fingerprint density at radius 2 is 2.14 bits per heavy atom. The number of hydrogen-bond donors (Lipinski definition) is 0. The predicted octanol–water partition coefficient (Wildman–Crippen LogP) is 1.24. The second-order valence-corrected chi connectivity index (χ2v) is 3.97. The molecule has 0 aromatic carbocycles. The molecule has 0 aliphatic rings. The van der Waals surface area contributed by atoms with E-state index in [1.807, 2.05) is 6.08 Å². The Hall–Kier alpha value is -0.173. The van der Waals surface area contributed by atoms with Gasteiger partial charge in [-0.2, -0.15) is 0 Å². The van der Waals surface area contributed by atoms with Crippen molar-refractivity contribution in [2.45, 2.75) is 19.4 Å². The molecule has 0 heterocycles. The second kappa shape index (κ2) is 4.00. The summed E-state index contributed by atoms with van der Waals surface area (Å²) in [5.41, 5.74) is 3.03. The molecule has 1 heteroatoms. The maximum absolute atomic E-state index is 3.60. The van der Waals surface area contributed by atoms with Gasteiger partial charge in [0, 0.05) is 0 Å². The highest BCUT2D eigenvalue weighted by atomic mass is 28.2. The molecule has 0 saturated heterocycles. The van der Waals surface area contributed by atoms with E-state index in [-0.39, 0.29) is 0 Å². The lowest BCUT2D eigenvalue weighted by Crippen LogP contribution is -1.84. The van der Waals surface area contributed by atoms with Gasteiger partial charge in [-0.25, -0.2) is 0 Å². The van der Waals surface area contributed by atoms with Gasteiger partial charge >= 0.3 is 0 Å². The average Bonchev–Trinajstić information content (AvgIpc) is 1.61. The average molecular weight is 112 g/mol. The molecule has 0 aliphatic carbocycles. The maximum Gasteiger partial charge on any atom is -0.00414 e. The summed E-state index contributed by atoms with van der Waals surface area (Å²) in [7, 11) is 0.524. The van der Waals surface area contributed by atoms with Crippen molar-refractivity contribution in [3.63, 3.8) is 0 Å². The van der Waals surface area contributed by atoms with Crippen molar-refractivity contribution in [3.05, 3.63) is 12.7 Å². The zero-order chi connectivity index (χ0) is 5.70. The van der Waals surface area contributed by atoms with E-state index >= 15 is 0 Å². The Labute approximate surface area is 47.7 Å². The van der Waals surface area contributed by atoms with Crippen LogP contribution in [0.15, 0.2) is 12.7 Å². The van der Waals surface area contributed by atoms with Gasteiger partial charge in [-0.1, -0.05) is 32.2 Å². The van der Waals surface area contributed by atoms with Gasteiger partial charge in [0.05, 0.1) is 0 Å². The highest BCUT2D eigenvalue weighted by Crippen LogP contribution is 1.89. The molecular formula is C6H12Si. The summed E-state index contributed by atoms with van der Waals surface area (Å²) in [6.07, 6.45) is 1.88. The van der Waals surface area contributed by atoms with Crippen LogP contribution >= 0.6 is 0 Å². The fourth-order valence-corrected chi connectivity index (χ4v) is 0.902. The SMILES string of the molecule is C=CC=[SiH]C(C)C. The van der Waals surface area contributed by atoms with Crippen molar-refractivity contribution in [3.8, 4) is 0 Å². The van der Waals surface area contributed by atoms with Gasteiger partial charge in [0.2, 0.25) is 0 Å². The van der Waals surface area contributed by atoms with Crippen molar-refractivity contribution < 1.29 is 0 Å². The van der Waals surface area contributed by atoms with E-state index in [2.05, 4.69) is 26.1 Å². The standard InChI is InChI=1S/C6H12Si/c1-4-5-7-6(2)3/h4-7H,1H2,2-3H3. The van der Waals surface area contributed by atoms with Crippen LogP contribution < -0.4 is 0 Å². The molecule has 0 aromatic heterocycles. The Bertz CT molecular complexity index is 72.2. The molecule has 0 saturated carbocycles. The molecule has 0 aromatic rings. The fraction of sp³-hybridized carbons (Fsp3) is 0.500. The number of hydrogen-bond acceptors (Lipinski definition) is 0. The summed E-state index contributed by atoms with van der Waals surface area (Å²) < 4.78 is 0. The minimum atomic E-state index is 0.524. The molecule has 0 radical (unpaired) electrons. The van der Waals surface area contributed by atoms with Crippen molar-refractivity contribution in [2.24, 2.45) is 0 Å². The largest absolute Gasteiger partial charge is 0.0995 e. The van der Waals surface area contributed by atoms with Gasteiger partial charge in [0.15, 0.2) is 0 Å². The molecule has 0 amide bonds. The summed E-state index contributed by atoms with van der Waals surface area (Å²) >= 11 is 0. The lowest BCUT2D eigenvalue weighted by molar-refractivity contribution is 1.07. The molecule has 0 atom stereocenters. The van der Waals surface area contributed by atoms with Gasteiger partial charge < -0.3 is 0 Å². The Kier molecular flexibility index (Phi) is 3.90. The quantitative estimate of drug-likeness (QED) is 0.471. The highest BCUT2D eigenvalue weighted by molar-refractivity contribution is 6.50. The van der Waals surface area contributed by atoms with Crippen LogP contribution in [0.4, 0.5) is 0 Å². The van der Waals surface area contributed by atoms with Crippen LogP contribution in [0.5, 0.6) is 0 Å². The summed E-state index contributed by atoms with van der Waals surface area (Å²) in [5, 5.41) is 0. The lowest BCUT2D eigenvalue weighted by atomic mass is 10.6. The molecule has 0 spiro atoms. The molecular weight excluding hydrogens is 100 g/mol. The van der Waals surface area contributed by atoms with E-state index < -0.39 is 0 Å². The molecule has 40 valence electrons. The molecule has 0 aliphatic heterocycles. The molecule has 0 unspecified atom stereocenters. The van der Waals surface area contributed by atoms with Crippen molar-refractivity contribution in [2.75, 3.05) is 0 Å². The highest BCUT2D eigenvalue weighted by Gasteiger charge is 1.78. The number of rotatable bonds is 2.